The van der Waals surface area contributed by atoms with Crippen LogP contribution in [0, 0.1) is 20.8 Å². The van der Waals surface area contributed by atoms with Gasteiger partial charge in [-0.15, -0.1) is 0 Å². The van der Waals surface area contributed by atoms with E-state index in [0.717, 1.165) is 22.4 Å². The molecule has 1 atom stereocenters. The van der Waals surface area contributed by atoms with Crippen LogP contribution in [0.4, 0.5) is 5.69 Å². The third kappa shape index (κ3) is 6.27. The number of rotatable bonds is 8. The summed E-state index contributed by atoms with van der Waals surface area (Å²) < 4.78 is 10.8. The van der Waals surface area contributed by atoms with Crippen molar-refractivity contribution in [2.24, 2.45) is 0 Å². The second-order valence-electron chi connectivity index (χ2n) is 6.75. The molecule has 0 spiro atoms. The fourth-order valence-electron chi connectivity index (χ4n) is 2.66. The van der Waals surface area contributed by atoms with Crippen molar-refractivity contribution in [3.05, 3.63) is 58.1 Å². The predicted octanol–water partition coefficient (Wildman–Crippen LogP) is 4.99. The number of hydrogen-bond acceptors (Lipinski definition) is 4. The lowest BCUT2D eigenvalue weighted by Gasteiger charge is -2.16. The van der Waals surface area contributed by atoms with Crippen LogP contribution in [0.2, 0.25) is 5.02 Å². The Morgan fingerprint density at radius 1 is 1.07 bits per heavy atom. The Morgan fingerprint density at radius 2 is 1.75 bits per heavy atom. The van der Waals surface area contributed by atoms with E-state index in [0.29, 0.717) is 23.8 Å². The highest BCUT2D eigenvalue weighted by Crippen LogP contribution is 2.21. The van der Waals surface area contributed by atoms with Crippen molar-refractivity contribution in [1.82, 2.24) is 0 Å². The van der Waals surface area contributed by atoms with Crippen molar-refractivity contribution in [1.29, 1.82) is 0 Å². The minimum Gasteiger partial charge on any atom is -0.494 e. The molecule has 6 heteroatoms. The lowest BCUT2D eigenvalue weighted by molar-refractivity contribution is -0.153. The zero-order valence-corrected chi connectivity index (χ0v) is 17.4. The van der Waals surface area contributed by atoms with Crippen LogP contribution in [0.15, 0.2) is 36.4 Å². The lowest BCUT2D eigenvalue weighted by Crippen LogP contribution is -2.30. The van der Waals surface area contributed by atoms with E-state index in [2.05, 4.69) is 5.32 Å². The highest BCUT2D eigenvalue weighted by atomic mass is 35.5. The second kappa shape index (κ2) is 10.1. The molecular weight excluding hydrogens is 378 g/mol. The number of ether oxygens (including phenoxy) is 2. The van der Waals surface area contributed by atoms with Gasteiger partial charge in [0.2, 0.25) is 0 Å². The average Bonchev–Trinajstić information content (AvgIpc) is 2.64. The first kappa shape index (κ1) is 21.8. The zero-order chi connectivity index (χ0) is 20.7. The summed E-state index contributed by atoms with van der Waals surface area (Å²) in [6.07, 6.45) is -0.203. The maximum atomic E-state index is 12.3. The number of para-hydroxylation sites is 1. The van der Waals surface area contributed by atoms with Crippen molar-refractivity contribution in [2.75, 3.05) is 11.9 Å². The lowest BCUT2D eigenvalue weighted by atomic mass is 10.1. The Hall–Kier alpha value is -2.53. The van der Waals surface area contributed by atoms with Gasteiger partial charge in [-0.1, -0.05) is 29.8 Å². The summed E-state index contributed by atoms with van der Waals surface area (Å²) >= 11 is 5.98. The summed E-state index contributed by atoms with van der Waals surface area (Å²) in [5.41, 5.74) is 3.60. The fourth-order valence-corrected chi connectivity index (χ4v) is 2.78. The van der Waals surface area contributed by atoms with Crippen LogP contribution < -0.4 is 10.1 Å². The maximum absolute atomic E-state index is 12.3. The molecule has 2 aromatic carbocycles. The molecule has 28 heavy (non-hydrogen) atoms. The molecule has 150 valence electrons. The summed E-state index contributed by atoms with van der Waals surface area (Å²) in [4.78, 5) is 24.3. The van der Waals surface area contributed by atoms with Crippen LogP contribution in [0.3, 0.4) is 0 Å². The van der Waals surface area contributed by atoms with Crippen LogP contribution in [0.5, 0.6) is 5.75 Å². The van der Waals surface area contributed by atoms with E-state index in [1.54, 1.807) is 19.1 Å². The number of benzene rings is 2. The van der Waals surface area contributed by atoms with Gasteiger partial charge < -0.3 is 14.8 Å². The van der Waals surface area contributed by atoms with Crippen LogP contribution in [0.1, 0.15) is 36.5 Å². The Labute approximate surface area is 171 Å². The topological polar surface area (TPSA) is 64.6 Å². The summed E-state index contributed by atoms with van der Waals surface area (Å²) in [6.45, 7) is 7.67. The normalized spacial score (nSPS) is 11.6. The molecule has 0 bridgehead atoms. The van der Waals surface area contributed by atoms with Crippen molar-refractivity contribution in [3.63, 3.8) is 0 Å². The van der Waals surface area contributed by atoms with Gasteiger partial charge in [-0.05, 0) is 69.0 Å². The number of carbonyl (C=O) groups is 2. The van der Waals surface area contributed by atoms with E-state index in [1.807, 2.05) is 45.0 Å². The standard InChI is InChI=1S/C22H26ClNO4/c1-14-7-5-8-15(2)21(14)24-22(26)17(4)28-20(25)9-6-12-27-18-10-11-19(23)16(3)13-18/h5,7-8,10-11,13,17H,6,9,12H2,1-4H3,(H,24,26). The number of carbonyl (C=O) groups excluding carboxylic acids is 2. The molecular formula is C22H26ClNO4. The van der Waals surface area contributed by atoms with E-state index in [4.69, 9.17) is 21.1 Å². The molecule has 0 saturated carbocycles. The van der Waals surface area contributed by atoms with Crippen LogP contribution in [0.25, 0.3) is 0 Å². The third-order valence-electron chi connectivity index (χ3n) is 4.33. The molecule has 0 saturated heterocycles. The molecule has 0 aliphatic carbocycles. The van der Waals surface area contributed by atoms with Gasteiger partial charge >= 0.3 is 5.97 Å². The monoisotopic (exact) mass is 403 g/mol. The van der Waals surface area contributed by atoms with Gasteiger partial charge in [0.15, 0.2) is 6.10 Å². The Balaban J connectivity index is 1.74. The molecule has 0 heterocycles. The molecule has 0 fully saturated rings. The first-order chi connectivity index (χ1) is 13.3. The molecule has 0 aliphatic heterocycles. The molecule has 2 rings (SSSR count). The molecule has 1 amide bonds. The molecule has 0 aromatic heterocycles. The Morgan fingerprint density at radius 3 is 2.39 bits per heavy atom. The molecule has 0 radical (unpaired) electrons. The average molecular weight is 404 g/mol. The van der Waals surface area contributed by atoms with Crippen LogP contribution >= 0.6 is 11.6 Å². The van der Waals surface area contributed by atoms with E-state index in [1.165, 1.54) is 0 Å². The number of anilines is 1. The Bertz CT molecular complexity index is 830. The van der Waals surface area contributed by atoms with E-state index in [9.17, 15) is 9.59 Å². The van der Waals surface area contributed by atoms with E-state index in [-0.39, 0.29) is 12.3 Å². The second-order valence-corrected chi connectivity index (χ2v) is 7.16. The first-order valence-electron chi connectivity index (χ1n) is 9.23. The first-order valence-corrected chi connectivity index (χ1v) is 9.61. The van der Waals surface area contributed by atoms with E-state index < -0.39 is 12.1 Å². The van der Waals surface area contributed by atoms with E-state index >= 15 is 0 Å². The fraction of sp³-hybridized carbons (Fsp3) is 0.364. The minimum atomic E-state index is -0.869. The molecule has 2 aromatic rings. The molecule has 1 unspecified atom stereocenters. The quantitative estimate of drug-likeness (QED) is 0.498. The summed E-state index contributed by atoms with van der Waals surface area (Å²) in [6, 6.07) is 11.2. The Kier molecular flexibility index (Phi) is 7.88. The predicted molar refractivity (Wildman–Crippen MR) is 111 cm³/mol. The smallest absolute Gasteiger partial charge is 0.306 e. The SMILES string of the molecule is Cc1cc(OCCCC(=O)OC(C)C(=O)Nc2c(C)cccc2C)ccc1Cl. The van der Waals surface area contributed by atoms with Crippen LogP contribution in [-0.4, -0.2) is 24.6 Å². The summed E-state index contributed by atoms with van der Waals surface area (Å²) in [5.74, 6) is -0.0738. The molecule has 1 N–H and O–H groups in total. The van der Waals surface area contributed by atoms with Crippen molar-refractivity contribution in [3.8, 4) is 5.75 Å². The van der Waals surface area contributed by atoms with Gasteiger partial charge in [0.05, 0.1) is 6.61 Å². The maximum Gasteiger partial charge on any atom is 0.306 e. The highest BCUT2D eigenvalue weighted by Gasteiger charge is 2.19. The number of halogens is 1. The van der Waals surface area contributed by atoms with Crippen LogP contribution in [-0.2, 0) is 14.3 Å². The van der Waals surface area contributed by atoms with Crippen molar-refractivity contribution in [2.45, 2.75) is 46.6 Å². The number of hydrogen-bond donors (Lipinski definition) is 1. The molecule has 5 nitrogen and oxygen atoms in total. The van der Waals surface area contributed by atoms with Crippen molar-refractivity contribution >= 4 is 29.2 Å². The summed E-state index contributed by atoms with van der Waals surface area (Å²) in [7, 11) is 0. The van der Waals surface area contributed by atoms with Gasteiger partial charge in [0.25, 0.3) is 5.91 Å². The van der Waals surface area contributed by atoms with Gasteiger partial charge in [0.1, 0.15) is 5.75 Å². The third-order valence-corrected chi connectivity index (χ3v) is 4.75. The zero-order valence-electron chi connectivity index (χ0n) is 16.7. The number of esters is 1. The van der Waals surface area contributed by atoms with Crippen molar-refractivity contribution < 1.29 is 19.1 Å². The molecule has 0 aliphatic rings. The van der Waals surface area contributed by atoms with Gasteiger partial charge in [-0.2, -0.15) is 0 Å². The van der Waals surface area contributed by atoms with Gasteiger partial charge in [-0.3, -0.25) is 9.59 Å². The number of nitrogens with one attached hydrogen (secondary N) is 1. The van der Waals surface area contributed by atoms with Gasteiger partial charge in [-0.25, -0.2) is 0 Å². The number of aryl methyl sites for hydroxylation is 3. The summed E-state index contributed by atoms with van der Waals surface area (Å²) in [5, 5.41) is 3.51. The highest BCUT2D eigenvalue weighted by molar-refractivity contribution is 6.31. The van der Waals surface area contributed by atoms with Gasteiger partial charge in [0, 0.05) is 17.1 Å². The largest absolute Gasteiger partial charge is 0.494 e. The minimum absolute atomic E-state index is 0.174. The number of amides is 1.